The molecule has 0 bridgehead atoms. The van der Waals surface area contributed by atoms with Crippen LogP contribution < -0.4 is 5.32 Å². The standard InChI is InChI=1S/C24H17F3N4O/c25-24(26,27)19-8-4-5-16(13-19)14-30-23(32)20-15-29-22(18-6-2-1-3-7-18)31-21(20)17-9-11-28-12-10-17/h1-13,15H,14H2,(H,30,32). The van der Waals surface area contributed by atoms with E-state index < -0.39 is 17.6 Å². The third kappa shape index (κ3) is 4.80. The van der Waals surface area contributed by atoms with Gasteiger partial charge in [0.2, 0.25) is 0 Å². The molecule has 1 N–H and O–H groups in total. The average Bonchev–Trinajstić information content (AvgIpc) is 2.83. The van der Waals surface area contributed by atoms with Gasteiger partial charge in [-0.3, -0.25) is 9.78 Å². The van der Waals surface area contributed by atoms with Crippen molar-refractivity contribution in [3.05, 3.63) is 102 Å². The first-order valence-electron chi connectivity index (χ1n) is 9.69. The van der Waals surface area contributed by atoms with Crippen LogP contribution in [0.25, 0.3) is 22.6 Å². The minimum atomic E-state index is -4.45. The van der Waals surface area contributed by atoms with E-state index in [-0.39, 0.29) is 12.1 Å². The van der Waals surface area contributed by atoms with Gasteiger partial charge >= 0.3 is 6.18 Å². The minimum Gasteiger partial charge on any atom is -0.348 e. The lowest BCUT2D eigenvalue weighted by molar-refractivity contribution is -0.137. The number of carbonyl (C=O) groups excluding carboxylic acids is 1. The van der Waals surface area contributed by atoms with Crippen molar-refractivity contribution in [2.24, 2.45) is 0 Å². The molecule has 4 aromatic rings. The van der Waals surface area contributed by atoms with Gasteiger partial charge in [0.1, 0.15) is 0 Å². The topological polar surface area (TPSA) is 67.8 Å². The van der Waals surface area contributed by atoms with E-state index in [1.165, 1.54) is 18.3 Å². The summed E-state index contributed by atoms with van der Waals surface area (Å²) in [7, 11) is 0. The SMILES string of the molecule is O=C(NCc1cccc(C(F)(F)F)c1)c1cnc(-c2ccccc2)nc1-c1ccncc1. The molecule has 0 saturated heterocycles. The fraction of sp³-hybridized carbons (Fsp3) is 0.0833. The van der Waals surface area contributed by atoms with Crippen molar-refractivity contribution in [2.45, 2.75) is 12.7 Å². The van der Waals surface area contributed by atoms with Crippen molar-refractivity contribution in [3.63, 3.8) is 0 Å². The fourth-order valence-electron chi connectivity index (χ4n) is 3.14. The van der Waals surface area contributed by atoms with Gasteiger partial charge in [0.15, 0.2) is 5.82 Å². The van der Waals surface area contributed by atoms with Gasteiger partial charge in [0.25, 0.3) is 5.91 Å². The third-order valence-corrected chi connectivity index (χ3v) is 4.73. The lowest BCUT2D eigenvalue weighted by Crippen LogP contribution is -2.24. The zero-order chi connectivity index (χ0) is 22.6. The lowest BCUT2D eigenvalue weighted by atomic mass is 10.1. The highest BCUT2D eigenvalue weighted by Gasteiger charge is 2.30. The van der Waals surface area contributed by atoms with Crippen LogP contribution in [0.5, 0.6) is 0 Å². The van der Waals surface area contributed by atoms with Gasteiger partial charge in [0.05, 0.1) is 16.8 Å². The highest BCUT2D eigenvalue weighted by atomic mass is 19.4. The fourth-order valence-corrected chi connectivity index (χ4v) is 3.14. The second-order valence-electron chi connectivity index (χ2n) is 6.94. The molecule has 0 aliphatic heterocycles. The van der Waals surface area contributed by atoms with Crippen molar-refractivity contribution >= 4 is 5.91 Å². The Morgan fingerprint density at radius 2 is 1.66 bits per heavy atom. The van der Waals surface area contributed by atoms with Gasteiger partial charge in [-0.25, -0.2) is 9.97 Å². The Hall–Kier alpha value is -4.07. The predicted molar refractivity (Wildman–Crippen MR) is 113 cm³/mol. The summed E-state index contributed by atoms with van der Waals surface area (Å²) < 4.78 is 38.8. The van der Waals surface area contributed by atoms with E-state index in [9.17, 15) is 18.0 Å². The molecule has 4 rings (SSSR count). The van der Waals surface area contributed by atoms with Crippen molar-refractivity contribution in [3.8, 4) is 22.6 Å². The second kappa shape index (κ2) is 8.97. The van der Waals surface area contributed by atoms with E-state index in [1.807, 2.05) is 30.3 Å². The number of halogens is 3. The van der Waals surface area contributed by atoms with E-state index >= 15 is 0 Å². The first-order chi connectivity index (χ1) is 15.4. The molecule has 0 fully saturated rings. The summed E-state index contributed by atoms with van der Waals surface area (Å²) in [6.45, 7) is -0.0705. The number of nitrogens with one attached hydrogen (secondary N) is 1. The summed E-state index contributed by atoms with van der Waals surface area (Å²) >= 11 is 0. The van der Waals surface area contributed by atoms with Gasteiger partial charge in [-0.05, 0) is 29.8 Å². The lowest BCUT2D eigenvalue weighted by Gasteiger charge is -2.12. The normalized spacial score (nSPS) is 11.2. The molecule has 32 heavy (non-hydrogen) atoms. The molecule has 0 unspecified atom stereocenters. The van der Waals surface area contributed by atoms with E-state index in [2.05, 4.69) is 20.3 Å². The maximum Gasteiger partial charge on any atom is 0.416 e. The predicted octanol–water partition coefficient (Wildman–Crippen LogP) is 5.15. The molecule has 0 atom stereocenters. The van der Waals surface area contributed by atoms with E-state index in [1.54, 1.807) is 24.5 Å². The monoisotopic (exact) mass is 434 g/mol. The van der Waals surface area contributed by atoms with Crippen molar-refractivity contribution in [1.29, 1.82) is 0 Å². The third-order valence-electron chi connectivity index (χ3n) is 4.73. The molecule has 8 heteroatoms. The maximum absolute atomic E-state index is 12.9. The molecule has 0 radical (unpaired) electrons. The van der Waals surface area contributed by atoms with Crippen molar-refractivity contribution in [2.75, 3.05) is 0 Å². The second-order valence-corrected chi connectivity index (χ2v) is 6.94. The number of hydrogen-bond donors (Lipinski definition) is 1. The summed E-state index contributed by atoms with van der Waals surface area (Å²) in [6, 6.07) is 17.6. The molecular weight excluding hydrogens is 417 g/mol. The maximum atomic E-state index is 12.9. The van der Waals surface area contributed by atoms with Crippen LogP contribution in [0.15, 0.2) is 85.3 Å². The molecule has 0 saturated carbocycles. The summed E-state index contributed by atoms with van der Waals surface area (Å²) in [5.74, 6) is -0.0410. The van der Waals surface area contributed by atoms with Gasteiger partial charge in [-0.1, -0.05) is 42.5 Å². The number of carbonyl (C=O) groups is 1. The van der Waals surface area contributed by atoms with Crippen LogP contribution in [0.3, 0.4) is 0 Å². The Balaban J connectivity index is 1.63. The molecular formula is C24H17F3N4O. The van der Waals surface area contributed by atoms with Gasteiger partial charge < -0.3 is 5.32 Å². The summed E-state index contributed by atoms with van der Waals surface area (Å²) in [4.78, 5) is 25.8. The highest BCUT2D eigenvalue weighted by molar-refractivity contribution is 5.99. The number of rotatable bonds is 5. The van der Waals surface area contributed by atoms with Crippen LogP contribution in [0.2, 0.25) is 0 Å². The first kappa shape index (κ1) is 21.2. The molecule has 2 aromatic heterocycles. The smallest absolute Gasteiger partial charge is 0.348 e. The number of aromatic nitrogens is 3. The molecule has 0 aliphatic rings. The largest absolute Gasteiger partial charge is 0.416 e. The Labute approximate surface area is 182 Å². The van der Waals surface area contributed by atoms with Crippen LogP contribution >= 0.6 is 0 Å². The Morgan fingerprint density at radius 3 is 2.38 bits per heavy atom. The van der Waals surface area contributed by atoms with Gasteiger partial charge in [-0.2, -0.15) is 13.2 Å². The van der Waals surface area contributed by atoms with E-state index in [4.69, 9.17) is 0 Å². The molecule has 2 heterocycles. The zero-order valence-electron chi connectivity index (χ0n) is 16.7. The first-order valence-corrected chi connectivity index (χ1v) is 9.69. The molecule has 160 valence electrons. The van der Waals surface area contributed by atoms with Crippen LogP contribution in [-0.4, -0.2) is 20.9 Å². The summed E-state index contributed by atoms with van der Waals surface area (Å²) in [5.41, 5.74) is 1.64. The molecule has 0 spiro atoms. The number of alkyl halides is 3. The Bertz CT molecular complexity index is 1230. The average molecular weight is 434 g/mol. The van der Waals surface area contributed by atoms with Crippen LogP contribution in [0.1, 0.15) is 21.5 Å². The van der Waals surface area contributed by atoms with Crippen LogP contribution in [0.4, 0.5) is 13.2 Å². The highest BCUT2D eigenvalue weighted by Crippen LogP contribution is 2.29. The Morgan fingerprint density at radius 1 is 0.906 bits per heavy atom. The molecule has 0 aliphatic carbocycles. The number of benzene rings is 2. The molecule has 2 aromatic carbocycles. The van der Waals surface area contributed by atoms with Gasteiger partial charge in [0, 0.05) is 36.3 Å². The van der Waals surface area contributed by atoms with Crippen LogP contribution in [0, 0.1) is 0 Å². The van der Waals surface area contributed by atoms with Crippen LogP contribution in [-0.2, 0) is 12.7 Å². The number of nitrogens with zero attached hydrogens (tertiary/aromatic N) is 3. The van der Waals surface area contributed by atoms with E-state index in [0.29, 0.717) is 22.6 Å². The minimum absolute atomic E-state index is 0.0705. The number of amides is 1. The van der Waals surface area contributed by atoms with Crippen molar-refractivity contribution in [1.82, 2.24) is 20.3 Å². The summed E-state index contributed by atoms with van der Waals surface area (Å²) in [6.07, 6.45) is 0.149. The van der Waals surface area contributed by atoms with Gasteiger partial charge in [-0.15, -0.1) is 0 Å². The summed E-state index contributed by atoms with van der Waals surface area (Å²) in [5, 5.41) is 2.66. The number of hydrogen-bond acceptors (Lipinski definition) is 4. The molecule has 1 amide bonds. The van der Waals surface area contributed by atoms with Crippen molar-refractivity contribution < 1.29 is 18.0 Å². The quantitative estimate of drug-likeness (QED) is 0.472. The van der Waals surface area contributed by atoms with E-state index in [0.717, 1.165) is 17.7 Å². The number of pyridine rings is 1. The Kier molecular flexibility index (Phi) is 5.93. The molecule has 5 nitrogen and oxygen atoms in total. The zero-order valence-corrected chi connectivity index (χ0v) is 16.7.